The number of benzene rings is 6. The van der Waals surface area contributed by atoms with E-state index < -0.39 is 30.9 Å². The third kappa shape index (κ3) is 14.8. The number of halogens is 4. The molecule has 0 aliphatic heterocycles. The number of carbonyl (C=O) groups is 4. The van der Waals surface area contributed by atoms with Gasteiger partial charge in [0.1, 0.15) is 0 Å². The number of aromatic nitrogens is 4. The van der Waals surface area contributed by atoms with Crippen LogP contribution in [0.15, 0.2) is 190 Å². The van der Waals surface area contributed by atoms with E-state index in [1.54, 1.807) is 97.1 Å². The number of pyridine rings is 4. The summed E-state index contributed by atoms with van der Waals surface area (Å²) in [4.78, 5) is 82.1. The Hall–Kier alpha value is -11.0. The zero-order valence-corrected chi connectivity index (χ0v) is 43.3. The molecule has 10 aromatic rings. The van der Waals surface area contributed by atoms with Crippen LogP contribution in [0, 0.1) is 0 Å². The first-order chi connectivity index (χ1) is 38.6. The summed E-state index contributed by atoms with van der Waals surface area (Å²) in [5, 5.41) is 3.74. The smallest absolute Gasteiger partial charge is 0.418 e. The van der Waals surface area contributed by atoms with Crippen LogP contribution in [0.1, 0.15) is 41.4 Å². The number of carbonyl (C=O) groups excluding carboxylic acids is 4. The van der Waals surface area contributed by atoms with E-state index in [9.17, 15) is 36.4 Å². The van der Waals surface area contributed by atoms with Crippen molar-refractivity contribution in [2.24, 2.45) is 65.8 Å². The van der Waals surface area contributed by atoms with Gasteiger partial charge in [0.05, 0.1) is 44.8 Å². The molecular formula is C56H44BCuF4N16O4. The third-order valence-corrected chi connectivity index (χ3v) is 11.7. The van der Waals surface area contributed by atoms with Gasteiger partial charge in [-0.2, -0.15) is 20.0 Å². The second kappa shape index (κ2) is 25.2. The van der Waals surface area contributed by atoms with E-state index in [-0.39, 0.29) is 40.9 Å². The summed E-state index contributed by atoms with van der Waals surface area (Å²) in [7, 11) is -6.00. The average Bonchev–Trinajstić information content (AvgIpc) is 3.64. The van der Waals surface area contributed by atoms with Crippen molar-refractivity contribution in [3.05, 3.63) is 192 Å². The van der Waals surface area contributed by atoms with Crippen molar-refractivity contribution in [3.8, 4) is 45.0 Å². The quantitative estimate of drug-likeness (QED) is 0.0245. The maximum atomic E-state index is 12.1. The summed E-state index contributed by atoms with van der Waals surface area (Å²) in [6, 6.07) is 51.1. The summed E-state index contributed by atoms with van der Waals surface area (Å²) in [5.74, 6) is -3.21. The van der Waals surface area contributed by atoms with Crippen molar-refractivity contribution in [2.75, 3.05) is 0 Å². The van der Waals surface area contributed by atoms with Gasteiger partial charge in [0.15, 0.2) is 23.8 Å². The molecule has 0 radical (unpaired) electrons. The molecule has 0 bridgehead atoms. The Morgan fingerprint density at radius 2 is 0.451 bits per heavy atom. The molecule has 0 fully saturated rings. The van der Waals surface area contributed by atoms with E-state index in [1.807, 2.05) is 72.8 Å². The molecule has 4 heterocycles. The molecule has 0 saturated carbocycles. The second-order valence-corrected chi connectivity index (χ2v) is 17.4. The van der Waals surface area contributed by atoms with Gasteiger partial charge in [0.25, 0.3) is 23.6 Å². The molecule has 0 spiro atoms. The Balaban J connectivity index is 0.000000216. The van der Waals surface area contributed by atoms with Crippen LogP contribution < -0.4 is 45.9 Å². The topological polar surface area (TPSA) is 377 Å². The number of hydrogen-bond donors (Lipinski definition) is 8. The van der Waals surface area contributed by atoms with Gasteiger partial charge in [-0.25, -0.2) is 19.9 Å². The summed E-state index contributed by atoms with van der Waals surface area (Å²) >= 11 is 0. The third-order valence-electron chi connectivity index (χ3n) is 11.7. The fourth-order valence-electron chi connectivity index (χ4n) is 8.04. The first kappa shape index (κ1) is 58.7. The number of hydrogen-bond acceptors (Lipinski definition) is 8. The maximum absolute atomic E-state index is 12.1. The van der Waals surface area contributed by atoms with E-state index in [4.69, 9.17) is 65.8 Å². The molecule has 0 aliphatic carbocycles. The molecule has 26 heteroatoms. The Bertz CT molecular complexity index is 3670. The van der Waals surface area contributed by atoms with Gasteiger partial charge in [-0.1, -0.05) is 97.1 Å². The number of amides is 4. The van der Waals surface area contributed by atoms with Gasteiger partial charge in [0, 0.05) is 66.1 Å². The molecule has 10 rings (SSSR count). The molecule has 414 valence electrons. The van der Waals surface area contributed by atoms with Crippen molar-refractivity contribution >= 4 is 98.3 Å². The van der Waals surface area contributed by atoms with Gasteiger partial charge < -0.3 is 63.1 Å². The molecule has 0 aliphatic rings. The second-order valence-electron chi connectivity index (χ2n) is 17.4. The summed E-state index contributed by atoms with van der Waals surface area (Å²) in [6.45, 7) is 0. The van der Waals surface area contributed by atoms with Crippen LogP contribution in [-0.2, 0) is 17.1 Å². The standard InChI is InChI=1S/2C28H22N8O2.BF4.Cu/c2*29-27(30)35-25(37)19-7-1-15(2-8-19)21-13-11-17-5-6-18-12-14-22(34-24(18)23(17)33-21)16-3-9-20(10-4-16)26(38)36-28(31)32;2-1(3,4)5;/h2*1-14H,(H4,29,30,35,37)(H4,31,32,36,38);;/q;;-1;+1. The van der Waals surface area contributed by atoms with Gasteiger partial charge in [-0.3, -0.25) is 19.2 Å². The normalized spacial score (nSPS) is 10.7. The molecular weight excluding hydrogens is 1110 g/mol. The van der Waals surface area contributed by atoms with E-state index in [2.05, 4.69) is 20.0 Å². The van der Waals surface area contributed by atoms with Crippen LogP contribution in [0.4, 0.5) is 17.3 Å². The largest absolute Gasteiger partial charge is 1.00 e. The summed E-state index contributed by atoms with van der Waals surface area (Å²) in [5.41, 5.74) is 53.0. The van der Waals surface area contributed by atoms with Crippen LogP contribution in [0.2, 0.25) is 0 Å². The zero-order chi connectivity index (χ0) is 58.1. The number of nitrogens with zero attached hydrogens (tertiary/aromatic N) is 8. The predicted molar refractivity (Wildman–Crippen MR) is 307 cm³/mol. The Labute approximate surface area is 472 Å². The Morgan fingerprint density at radius 1 is 0.293 bits per heavy atom. The van der Waals surface area contributed by atoms with Crippen molar-refractivity contribution in [2.45, 2.75) is 0 Å². The average molecular weight is 1160 g/mol. The van der Waals surface area contributed by atoms with Crippen molar-refractivity contribution < 1.29 is 53.5 Å². The van der Waals surface area contributed by atoms with Crippen molar-refractivity contribution in [1.29, 1.82) is 0 Å². The van der Waals surface area contributed by atoms with Crippen LogP contribution in [0.25, 0.3) is 88.6 Å². The van der Waals surface area contributed by atoms with Crippen LogP contribution in [-0.4, -0.2) is 74.7 Å². The van der Waals surface area contributed by atoms with Gasteiger partial charge in [-0.05, 0) is 72.8 Å². The minimum Gasteiger partial charge on any atom is -0.418 e. The minimum atomic E-state index is -6.00. The monoisotopic (exact) mass is 1150 g/mol. The molecule has 82 heavy (non-hydrogen) atoms. The Kier molecular flexibility index (Phi) is 18.1. The number of rotatable bonds is 8. The molecule has 0 saturated heterocycles. The number of fused-ring (bicyclic) bond motifs is 6. The van der Waals surface area contributed by atoms with Crippen LogP contribution in [0.5, 0.6) is 0 Å². The number of aliphatic imine (C=N–C) groups is 4. The molecule has 4 amide bonds. The van der Waals surface area contributed by atoms with Crippen LogP contribution >= 0.6 is 0 Å². The maximum Gasteiger partial charge on any atom is 1.00 e. The first-order valence-electron chi connectivity index (χ1n) is 23.8. The van der Waals surface area contributed by atoms with E-state index in [0.717, 1.165) is 88.6 Å². The van der Waals surface area contributed by atoms with Gasteiger partial charge in [0.2, 0.25) is 0 Å². The predicted octanol–water partition coefficient (Wildman–Crippen LogP) is 7.19. The minimum absolute atomic E-state index is 0. The van der Waals surface area contributed by atoms with Crippen molar-refractivity contribution in [1.82, 2.24) is 19.9 Å². The first-order valence-corrected chi connectivity index (χ1v) is 23.8. The Morgan fingerprint density at radius 3 is 0.610 bits per heavy atom. The molecule has 0 unspecified atom stereocenters. The molecule has 0 atom stereocenters. The van der Waals surface area contributed by atoms with E-state index in [1.165, 1.54) is 0 Å². The van der Waals surface area contributed by atoms with Crippen LogP contribution in [0.3, 0.4) is 0 Å². The molecule has 20 nitrogen and oxygen atoms in total. The van der Waals surface area contributed by atoms with Crippen molar-refractivity contribution in [3.63, 3.8) is 0 Å². The SMILES string of the molecule is F[B-](F)(F)F.NC(N)=NC(=O)c1ccc(-c2ccc3ccc4ccc(-c5ccc(C(=O)N=C(N)N)cc5)nc4c3n2)cc1.NC(N)=NC(=O)c1ccc(-c2ccc3ccc4ccc(-c5ccc(C(=O)N=C(N)N)cc5)nc4c3n2)cc1.[Cu+]. The number of guanidine groups is 4. The van der Waals surface area contributed by atoms with E-state index >= 15 is 0 Å². The van der Waals surface area contributed by atoms with Gasteiger partial charge >= 0.3 is 24.3 Å². The molecule has 6 aromatic carbocycles. The fourth-order valence-corrected chi connectivity index (χ4v) is 8.04. The molecule has 4 aromatic heterocycles. The summed E-state index contributed by atoms with van der Waals surface area (Å²) in [6.07, 6.45) is 0. The fraction of sp³-hybridized carbons (Fsp3) is 0. The summed E-state index contributed by atoms with van der Waals surface area (Å²) < 4.78 is 39.0. The zero-order valence-electron chi connectivity index (χ0n) is 42.4. The van der Waals surface area contributed by atoms with E-state index in [0.29, 0.717) is 22.3 Å². The molecule has 16 N–H and O–H groups in total. The van der Waals surface area contributed by atoms with Gasteiger partial charge in [-0.15, -0.1) is 0 Å². The number of nitrogens with two attached hydrogens (primary N) is 8.